The molecule has 0 aromatic carbocycles. The smallest absolute Gasteiger partial charge is 0.257 e. The number of guanidine groups is 1. The first-order valence-corrected chi connectivity index (χ1v) is 6.59. The fourth-order valence-electron chi connectivity index (χ4n) is 1.42. The van der Waals surface area contributed by atoms with E-state index in [-0.39, 0.29) is 24.0 Å². The molecule has 110 valence electrons. The lowest BCUT2D eigenvalue weighted by molar-refractivity contribution is 0.158. The molecule has 0 saturated heterocycles. The molecule has 0 fully saturated rings. The standard InChI is InChI=1S/C11H18F2N4S.HI/c1-4-14-11(15-5-10(12)13)17(3)6-9-7-18-8(2)16-9;/h7,10H,4-6H2,1-3H3,(H,14,15);1H. The molecule has 19 heavy (non-hydrogen) atoms. The van der Waals surface area contributed by atoms with Crippen molar-refractivity contribution < 1.29 is 8.78 Å². The zero-order valence-corrected chi connectivity index (χ0v) is 14.3. The van der Waals surface area contributed by atoms with Crippen molar-refractivity contribution in [1.82, 2.24) is 15.2 Å². The van der Waals surface area contributed by atoms with Gasteiger partial charge in [-0.15, -0.1) is 35.3 Å². The number of rotatable bonds is 5. The van der Waals surface area contributed by atoms with Gasteiger partial charge in [0.25, 0.3) is 6.43 Å². The zero-order valence-electron chi connectivity index (χ0n) is 11.2. The van der Waals surface area contributed by atoms with Crippen molar-refractivity contribution in [2.75, 3.05) is 20.1 Å². The van der Waals surface area contributed by atoms with Crippen LogP contribution in [0.3, 0.4) is 0 Å². The van der Waals surface area contributed by atoms with Crippen LogP contribution in [-0.4, -0.2) is 42.4 Å². The fraction of sp³-hybridized carbons (Fsp3) is 0.636. The van der Waals surface area contributed by atoms with Crippen LogP contribution in [0.15, 0.2) is 10.4 Å². The van der Waals surface area contributed by atoms with Crippen LogP contribution in [0, 0.1) is 6.92 Å². The zero-order chi connectivity index (χ0) is 13.5. The first kappa shape index (κ1) is 18.5. The van der Waals surface area contributed by atoms with Crippen molar-refractivity contribution in [1.29, 1.82) is 0 Å². The van der Waals surface area contributed by atoms with Gasteiger partial charge >= 0.3 is 0 Å². The highest BCUT2D eigenvalue weighted by Gasteiger charge is 2.09. The Kier molecular flexibility index (Phi) is 9.15. The summed E-state index contributed by atoms with van der Waals surface area (Å²) in [7, 11) is 1.81. The summed E-state index contributed by atoms with van der Waals surface area (Å²) in [5.74, 6) is 0.475. The molecular weight excluding hydrogens is 385 g/mol. The Morgan fingerprint density at radius 1 is 1.58 bits per heavy atom. The van der Waals surface area contributed by atoms with E-state index < -0.39 is 13.0 Å². The molecule has 0 spiro atoms. The maximum atomic E-state index is 12.2. The molecule has 0 unspecified atom stereocenters. The molecule has 1 aromatic heterocycles. The summed E-state index contributed by atoms with van der Waals surface area (Å²) in [6.45, 7) is 4.55. The summed E-state index contributed by atoms with van der Waals surface area (Å²) in [4.78, 5) is 10.00. The normalized spacial score (nSPS) is 11.4. The maximum absolute atomic E-state index is 12.2. The van der Waals surface area contributed by atoms with E-state index in [2.05, 4.69) is 15.3 Å². The van der Waals surface area contributed by atoms with Crippen LogP contribution in [-0.2, 0) is 6.54 Å². The number of nitrogens with one attached hydrogen (secondary N) is 1. The molecule has 0 aliphatic carbocycles. The molecule has 4 nitrogen and oxygen atoms in total. The highest BCUT2D eigenvalue weighted by atomic mass is 127. The number of hydrogen-bond acceptors (Lipinski definition) is 3. The molecule has 1 aromatic rings. The lowest BCUT2D eigenvalue weighted by Crippen LogP contribution is -2.38. The summed E-state index contributed by atoms with van der Waals surface area (Å²) in [5.41, 5.74) is 0.919. The Morgan fingerprint density at radius 3 is 2.74 bits per heavy atom. The predicted molar refractivity (Wildman–Crippen MR) is 85.7 cm³/mol. The average molecular weight is 404 g/mol. The number of aryl methyl sites for hydroxylation is 1. The number of alkyl halides is 2. The highest BCUT2D eigenvalue weighted by molar-refractivity contribution is 14.0. The first-order chi connectivity index (χ1) is 8.52. The fourth-order valence-corrected chi connectivity index (χ4v) is 2.03. The van der Waals surface area contributed by atoms with Gasteiger partial charge in [-0.2, -0.15) is 0 Å². The van der Waals surface area contributed by atoms with Crippen molar-refractivity contribution >= 4 is 41.3 Å². The van der Waals surface area contributed by atoms with E-state index in [9.17, 15) is 8.78 Å². The van der Waals surface area contributed by atoms with Gasteiger partial charge in [-0.1, -0.05) is 0 Å². The van der Waals surface area contributed by atoms with Crippen LogP contribution in [0.5, 0.6) is 0 Å². The van der Waals surface area contributed by atoms with Gasteiger partial charge in [0.2, 0.25) is 0 Å². The summed E-state index contributed by atoms with van der Waals surface area (Å²) >= 11 is 1.57. The average Bonchev–Trinajstić information content (AvgIpc) is 2.69. The molecule has 0 radical (unpaired) electrons. The van der Waals surface area contributed by atoms with Gasteiger partial charge < -0.3 is 10.2 Å². The van der Waals surface area contributed by atoms with E-state index in [1.54, 1.807) is 16.2 Å². The van der Waals surface area contributed by atoms with Crippen LogP contribution >= 0.6 is 35.3 Å². The summed E-state index contributed by atoms with van der Waals surface area (Å²) in [5, 5.41) is 5.94. The second-order valence-electron chi connectivity index (χ2n) is 3.80. The second-order valence-corrected chi connectivity index (χ2v) is 4.86. The molecule has 1 rings (SSSR count). The maximum Gasteiger partial charge on any atom is 0.257 e. The van der Waals surface area contributed by atoms with E-state index in [1.807, 2.05) is 26.3 Å². The lowest BCUT2D eigenvalue weighted by atomic mass is 10.4. The summed E-state index contributed by atoms with van der Waals surface area (Å²) < 4.78 is 24.3. The van der Waals surface area contributed by atoms with Gasteiger partial charge in [-0.3, -0.25) is 0 Å². The lowest BCUT2D eigenvalue weighted by Gasteiger charge is -2.21. The molecule has 1 heterocycles. The first-order valence-electron chi connectivity index (χ1n) is 5.71. The monoisotopic (exact) mass is 404 g/mol. The van der Waals surface area contributed by atoms with Gasteiger partial charge in [-0.25, -0.2) is 18.8 Å². The van der Waals surface area contributed by atoms with Gasteiger partial charge in [0, 0.05) is 19.0 Å². The topological polar surface area (TPSA) is 40.5 Å². The van der Waals surface area contributed by atoms with Crippen LogP contribution in [0.25, 0.3) is 0 Å². The Bertz CT molecular complexity index is 398. The Balaban J connectivity index is 0.00000324. The van der Waals surface area contributed by atoms with Gasteiger partial charge in [-0.05, 0) is 13.8 Å². The predicted octanol–water partition coefficient (Wildman–Crippen LogP) is 2.73. The van der Waals surface area contributed by atoms with E-state index >= 15 is 0 Å². The minimum absolute atomic E-state index is 0. The van der Waals surface area contributed by atoms with Crippen LogP contribution in [0.1, 0.15) is 17.6 Å². The number of nitrogens with zero attached hydrogens (tertiary/aromatic N) is 3. The SMILES string of the molecule is CCNC(=NCC(F)F)N(C)Cc1csc(C)n1.I. The number of thiazole rings is 1. The molecule has 0 atom stereocenters. The van der Waals surface area contributed by atoms with E-state index in [1.165, 1.54) is 0 Å². The summed E-state index contributed by atoms with van der Waals surface area (Å²) in [6.07, 6.45) is -2.42. The molecule has 0 aliphatic rings. The summed E-state index contributed by atoms with van der Waals surface area (Å²) in [6, 6.07) is 0. The van der Waals surface area contributed by atoms with Crippen molar-refractivity contribution in [3.05, 3.63) is 16.1 Å². The Labute approximate surface area is 133 Å². The molecule has 0 aliphatic heterocycles. The number of hydrogen-bond donors (Lipinski definition) is 1. The highest BCUT2D eigenvalue weighted by Crippen LogP contribution is 2.09. The van der Waals surface area contributed by atoms with E-state index in [0.717, 1.165) is 10.7 Å². The molecule has 0 amide bonds. The Morgan fingerprint density at radius 2 is 2.26 bits per heavy atom. The molecule has 0 saturated carbocycles. The van der Waals surface area contributed by atoms with Crippen molar-refractivity contribution in [3.8, 4) is 0 Å². The Hall–Kier alpha value is -0.510. The van der Waals surface area contributed by atoms with Gasteiger partial charge in [0.1, 0.15) is 6.54 Å². The van der Waals surface area contributed by atoms with Gasteiger partial charge in [0.15, 0.2) is 5.96 Å². The number of aromatic nitrogens is 1. The third-order valence-electron chi connectivity index (χ3n) is 2.14. The molecule has 0 bridgehead atoms. The van der Waals surface area contributed by atoms with Gasteiger partial charge in [0.05, 0.1) is 17.2 Å². The molecule has 1 N–H and O–H groups in total. The van der Waals surface area contributed by atoms with Crippen LogP contribution in [0.2, 0.25) is 0 Å². The molecule has 8 heteroatoms. The largest absolute Gasteiger partial charge is 0.357 e. The minimum atomic E-state index is -2.42. The molecular formula is C11H19F2IN4S. The van der Waals surface area contributed by atoms with Crippen LogP contribution < -0.4 is 5.32 Å². The third kappa shape index (κ3) is 7.00. The van der Waals surface area contributed by atoms with E-state index in [0.29, 0.717) is 19.0 Å². The van der Waals surface area contributed by atoms with Crippen molar-refractivity contribution in [2.45, 2.75) is 26.8 Å². The van der Waals surface area contributed by atoms with Crippen LogP contribution in [0.4, 0.5) is 8.78 Å². The number of halogens is 3. The quantitative estimate of drug-likeness (QED) is 0.466. The third-order valence-corrected chi connectivity index (χ3v) is 2.96. The van der Waals surface area contributed by atoms with Crippen molar-refractivity contribution in [3.63, 3.8) is 0 Å². The van der Waals surface area contributed by atoms with Crippen molar-refractivity contribution in [2.24, 2.45) is 4.99 Å². The second kappa shape index (κ2) is 9.40. The van der Waals surface area contributed by atoms with E-state index in [4.69, 9.17) is 0 Å². The number of aliphatic imine (C=N–C) groups is 1. The minimum Gasteiger partial charge on any atom is -0.357 e.